The number of imidazole rings is 1. The molecule has 0 saturated heterocycles. The predicted molar refractivity (Wildman–Crippen MR) is 147 cm³/mol. The van der Waals surface area contributed by atoms with Gasteiger partial charge in [0.05, 0.1) is 45.4 Å². The minimum Gasteiger partial charge on any atom is -0.412 e. The molecule has 0 bridgehead atoms. The molecule has 0 radical (unpaired) electrons. The molecule has 0 unspecified atom stereocenters. The molecule has 7 nitrogen and oxygen atoms in total. The van der Waals surface area contributed by atoms with Crippen molar-refractivity contribution in [3.05, 3.63) is 101 Å². The first-order chi connectivity index (χ1) is 17.4. The van der Waals surface area contributed by atoms with Crippen LogP contribution in [0.1, 0.15) is 19.4 Å². The molecule has 0 fully saturated rings. The number of pyridine rings is 2. The van der Waals surface area contributed by atoms with Crippen LogP contribution in [0.3, 0.4) is 0 Å². The zero-order chi connectivity index (χ0) is 25.0. The number of nitriles is 1. The largest absolute Gasteiger partial charge is 0.412 e. The highest BCUT2D eigenvalue weighted by Gasteiger charge is 2.21. The third-order valence-electron chi connectivity index (χ3n) is 6.93. The summed E-state index contributed by atoms with van der Waals surface area (Å²) in [5, 5.41) is 11.5. The summed E-state index contributed by atoms with van der Waals surface area (Å²) in [6, 6.07) is 26.2. The van der Waals surface area contributed by atoms with E-state index in [0.717, 1.165) is 55.2 Å². The van der Waals surface area contributed by atoms with Gasteiger partial charge in [0.1, 0.15) is 0 Å². The average Bonchev–Trinajstić information content (AvgIpc) is 3.18. The van der Waals surface area contributed by atoms with Crippen molar-refractivity contribution in [2.75, 3.05) is 0 Å². The van der Waals surface area contributed by atoms with Crippen molar-refractivity contribution in [3.63, 3.8) is 0 Å². The summed E-state index contributed by atoms with van der Waals surface area (Å²) in [6.07, 6.45) is 3.63. The third kappa shape index (κ3) is 3.75. The van der Waals surface area contributed by atoms with Crippen LogP contribution in [0.15, 0.2) is 90.0 Å². The Morgan fingerprint density at radius 3 is 2.35 bits per heavy atom. The van der Waals surface area contributed by atoms with E-state index in [1.54, 1.807) is 22.4 Å². The first kappa shape index (κ1) is 23.9. The standard InChI is InChI=1S/C30H23N5O.H2O/c1-30(2,18-31)22-9-11-23(12-10-22)35-28-24-15-19(21-14-20-6-4-5-7-25(20)32-16-21)8-13-26(24)33-17-27(28)34(3)29(35)36;/h4-17H,1-3H3;1H2. The van der Waals surface area contributed by atoms with Crippen molar-refractivity contribution in [2.45, 2.75) is 19.3 Å². The SMILES string of the molecule is Cn1c(=O)n(-c2ccc(C(C)(C)C#N)cc2)c2c3cc(-c4cnc5ccccc5c4)ccc3ncc21.O. The van der Waals surface area contributed by atoms with E-state index in [9.17, 15) is 10.1 Å². The number of nitrogens with zero attached hydrogens (tertiary/aromatic N) is 5. The van der Waals surface area contributed by atoms with Crippen molar-refractivity contribution in [3.8, 4) is 22.9 Å². The quantitative estimate of drug-likeness (QED) is 0.347. The van der Waals surface area contributed by atoms with E-state index in [4.69, 9.17) is 0 Å². The lowest BCUT2D eigenvalue weighted by Crippen LogP contribution is -2.21. The maximum atomic E-state index is 13.4. The maximum Gasteiger partial charge on any atom is 0.333 e. The molecule has 0 aliphatic rings. The first-order valence-corrected chi connectivity index (χ1v) is 11.7. The van der Waals surface area contributed by atoms with Gasteiger partial charge in [0, 0.05) is 29.6 Å². The molecule has 2 N–H and O–H groups in total. The Kier molecular flexibility index (Phi) is 5.62. The number of benzene rings is 3. The summed E-state index contributed by atoms with van der Waals surface area (Å²) in [7, 11) is 1.76. The van der Waals surface area contributed by atoms with Crippen molar-refractivity contribution in [2.24, 2.45) is 7.05 Å². The fourth-order valence-corrected chi connectivity index (χ4v) is 4.74. The molecule has 6 rings (SSSR count). The summed E-state index contributed by atoms with van der Waals surface area (Å²) in [5.74, 6) is 0. The van der Waals surface area contributed by atoms with Crippen LogP contribution in [0.4, 0.5) is 0 Å². The number of para-hydroxylation sites is 1. The molecule has 0 aliphatic carbocycles. The lowest BCUT2D eigenvalue weighted by Gasteiger charge is -2.16. The Morgan fingerprint density at radius 1 is 0.865 bits per heavy atom. The number of aromatic nitrogens is 4. The molecule has 0 atom stereocenters. The number of hydrogen-bond acceptors (Lipinski definition) is 4. The van der Waals surface area contributed by atoms with Crippen LogP contribution in [-0.4, -0.2) is 24.6 Å². The first-order valence-electron chi connectivity index (χ1n) is 11.7. The molecule has 0 saturated carbocycles. The molecule has 0 amide bonds. The van der Waals surface area contributed by atoms with Gasteiger partial charge in [0.2, 0.25) is 0 Å². The van der Waals surface area contributed by atoms with Gasteiger partial charge in [-0.25, -0.2) is 4.79 Å². The van der Waals surface area contributed by atoms with Gasteiger partial charge in [-0.05, 0) is 61.4 Å². The Labute approximate surface area is 213 Å². The summed E-state index contributed by atoms with van der Waals surface area (Å²) in [6.45, 7) is 3.77. The number of fused-ring (bicyclic) bond motifs is 4. The summed E-state index contributed by atoms with van der Waals surface area (Å²) < 4.78 is 3.35. The second-order valence-electron chi connectivity index (χ2n) is 9.60. The van der Waals surface area contributed by atoms with E-state index < -0.39 is 5.41 Å². The van der Waals surface area contributed by atoms with Crippen LogP contribution in [0, 0.1) is 11.3 Å². The zero-order valence-corrected chi connectivity index (χ0v) is 20.7. The smallest absolute Gasteiger partial charge is 0.333 e. The Bertz CT molecular complexity index is 1910. The van der Waals surface area contributed by atoms with Crippen LogP contribution in [-0.2, 0) is 12.5 Å². The summed E-state index contributed by atoms with van der Waals surface area (Å²) in [5.41, 5.74) is 6.20. The van der Waals surface area contributed by atoms with Gasteiger partial charge in [0.15, 0.2) is 0 Å². The number of hydrogen-bond donors (Lipinski definition) is 0. The second kappa shape index (κ2) is 8.70. The molecule has 7 heteroatoms. The molecule has 182 valence electrons. The molecule has 3 aromatic heterocycles. The number of aryl methyl sites for hydroxylation is 1. The van der Waals surface area contributed by atoms with Gasteiger partial charge in [0.25, 0.3) is 0 Å². The fourth-order valence-electron chi connectivity index (χ4n) is 4.74. The van der Waals surface area contributed by atoms with Crippen molar-refractivity contribution in [1.29, 1.82) is 5.26 Å². The van der Waals surface area contributed by atoms with Gasteiger partial charge in [-0.3, -0.25) is 19.1 Å². The van der Waals surface area contributed by atoms with Crippen LogP contribution in [0.5, 0.6) is 0 Å². The monoisotopic (exact) mass is 487 g/mol. The third-order valence-corrected chi connectivity index (χ3v) is 6.93. The van der Waals surface area contributed by atoms with E-state index >= 15 is 0 Å². The van der Waals surface area contributed by atoms with Crippen molar-refractivity contribution in [1.82, 2.24) is 19.1 Å². The molecule has 3 aromatic carbocycles. The molecular weight excluding hydrogens is 462 g/mol. The van der Waals surface area contributed by atoms with Gasteiger partial charge < -0.3 is 5.48 Å². The Balaban J connectivity index is 0.00000280. The highest BCUT2D eigenvalue weighted by molar-refractivity contribution is 6.04. The zero-order valence-electron chi connectivity index (χ0n) is 20.7. The fraction of sp³-hybridized carbons (Fsp3) is 0.133. The van der Waals surface area contributed by atoms with Gasteiger partial charge >= 0.3 is 5.69 Å². The normalized spacial score (nSPS) is 11.5. The van der Waals surface area contributed by atoms with Crippen LogP contribution in [0.2, 0.25) is 0 Å². The van der Waals surface area contributed by atoms with Gasteiger partial charge in [-0.15, -0.1) is 0 Å². The summed E-state index contributed by atoms with van der Waals surface area (Å²) in [4.78, 5) is 22.7. The van der Waals surface area contributed by atoms with Crippen molar-refractivity contribution < 1.29 is 5.48 Å². The molecule has 3 heterocycles. The lowest BCUT2D eigenvalue weighted by molar-refractivity contribution is 0.686. The molecule has 0 aliphatic heterocycles. The van der Waals surface area contributed by atoms with E-state index in [0.29, 0.717) is 0 Å². The molecule has 0 spiro atoms. The minimum atomic E-state index is -0.609. The molecule has 37 heavy (non-hydrogen) atoms. The summed E-state index contributed by atoms with van der Waals surface area (Å²) >= 11 is 0. The molecular formula is C30H25N5O2. The van der Waals surface area contributed by atoms with Gasteiger partial charge in [-0.2, -0.15) is 5.26 Å². The van der Waals surface area contributed by atoms with Gasteiger partial charge in [-0.1, -0.05) is 36.4 Å². The highest BCUT2D eigenvalue weighted by Crippen LogP contribution is 2.31. The average molecular weight is 488 g/mol. The van der Waals surface area contributed by atoms with E-state index in [-0.39, 0.29) is 11.2 Å². The Hall–Kier alpha value is -4.80. The van der Waals surface area contributed by atoms with Crippen LogP contribution < -0.4 is 5.69 Å². The lowest BCUT2D eigenvalue weighted by atomic mass is 9.86. The van der Waals surface area contributed by atoms with Crippen LogP contribution >= 0.6 is 0 Å². The van der Waals surface area contributed by atoms with E-state index in [1.807, 2.05) is 74.6 Å². The number of rotatable bonds is 3. The topological polar surface area (TPSA) is 108 Å². The highest BCUT2D eigenvalue weighted by atomic mass is 16.1. The van der Waals surface area contributed by atoms with E-state index in [2.05, 4.69) is 34.2 Å². The van der Waals surface area contributed by atoms with Crippen molar-refractivity contribution >= 4 is 32.8 Å². The second-order valence-corrected chi connectivity index (χ2v) is 9.60. The van der Waals surface area contributed by atoms with E-state index in [1.165, 1.54) is 0 Å². The molecule has 6 aromatic rings. The minimum absolute atomic E-state index is 0. The predicted octanol–water partition coefficient (Wildman–Crippen LogP) is 5.07. The Morgan fingerprint density at radius 2 is 1.59 bits per heavy atom. The van der Waals surface area contributed by atoms with Crippen LogP contribution in [0.25, 0.3) is 49.7 Å². The maximum absolute atomic E-state index is 13.4.